The number of hydrogen-bond acceptors (Lipinski definition) is 8. The van der Waals surface area contributed by atoms with Crippen molar-refractivity contribution in [2.24, 2.45) is 0 Å². The number of nitrogens with one attached hydrogen (secondary N) is 2. The molecule has 0 saturated heterocycles. The Labute approximate surface area is 202 Å². The van der Waals surface area contributed by atoms with Crippen LogP contribution < -0.4 is 18.9 Å². The summed E-state index contributed by atoms with van der Waals surface area (Å²) in [7, 11) is -4.05. The van der Waals surface area contributed by atoms with Crippen molar-refractivity contribution in [2.75, 3.05) is 24.4 Å². The number of hydrogen-bond donors (Lipinski definition) is 2. The third-order valence-electron chi connectivity index (χ3n) is 3.74. The van der Waals surface area contributed by atoms with Crippen molar-refractivity contribution in [1.82, 2.24) is 24.7 Å². The molecule has 0 fully saturated rings. The van der Waals surface area contributed by atoms with Gasteiger partial charge in [-0.1, -0.05) is 35.0 Å². The molecule has 32 heavy (non-hydrogen) atoms. The van der Waals surface area contributed by atoms with E-state index in [1.807, 2.05) is 0 Å². The fourth-order valence-electron chi connectivity index (χ4n) is 2.34. The van der Waals surface area contributed by atoms with E-state index >= 15 is 0 Å². The number of aromatic nitrogens is 4. The van der Waals surface area contributed by atoms with Gasteiger partial charge in [0, 0.05) is 23.4 Å². The molecule has 0 amide bonds. The second-order valence-electron chi connectivity index (χ2n) is 6.25. The summed E-state index contributed by atoms with van der Waals surface area (Å²) in [5, 5.41) is 0. The predicted molar refractivity (Wildman–Crippen MR) is 124 cm³/mol. The number of anilines is 1. The van der Waals surface area contributed by atoms with Gasteiger partial charge in [0.15, 0.2) is 5.82 Å². The van der Waals surface area contributed by atoms with E-state index in [2.05, 4.69) is 45.3 Å². The van der Waals surface area contributed by atoms with Gasteiger partial charge in [0.25, 0.3) is 10.2 Å². The number of nitrogens with zero attached hydrogens (tertiary/aromatic N) is 4. The van der Waals surface area contributed by atoms with Crippen molar-refractivity contribution < 1.29 is 24.7 Å². The van der Waals surface area contributed by atoms with Crippen molar-refractivity contribution in [3.8, 4) is 23.0 Å². The summed E-state index contributed by atoms with van der Waals surface area (Å²) in [5.41, 5.74) is 0.692. The van der Waals surface area contributed by atoms with Gasteiger partial charge in [0.1, 0.15) is 20.8 Å². The zero-order valence-corrected chi connectivity index (χ0v) is 19.5. The molecular formula is C20H23BrN6O4S. The summed E-state index contributed by atoms with van der Waals surface area (Å²) in [5.74, 6) is -0.530. The minimum atomic E-state index is -4.05. The van der Waals surface area contributed by atoms with Crippen molar-refractivity contribution in [1.29, 1.82) is 0 Å². The number of benzene rings is 1. The Morgan fingerprint density at radius 1 is 1.12 bits per heavy atom. The molecule has 3 rings (SSSR count). The van der Waals surface area contributed by atoms with E-state index in [0.717, 1.165) is 4.47 Å². The maximum atomic E-state index is 12.5. The Bertz CT molecular complexity index is 1360. The lowest BCUT2D eigenvalue weighted by atomic mass is 10.1. The van der Waals surface area contributed by atoms with Crippen LogP contribution in [0, 0.1) is 6.92 Å². The molecule has 1 aromatic carbocycles. The SMILES string of the molecule is [2H]c1nc(NS(=O)(=O)NCCC)c(-c2ccc(Br)cc2)c(OCC([2H])([2H])Oc2nc([2H])c(C)c([2H])n2)n1. The third kappa shape index (κ3) is 6.84. The molecule has 3 aromatic rings. The highest BCUT2D eigenvalue weighted by Gasteiger charge is 2.19. The van der Waals surface area contributed by atoms with Crippen LogP contribution in [-0.4, -0.2) is 48.1 Å². The fourth-order valence-corrected chi connectivity index (χ4v) is 3.55. The van der Waals surface area contributed by atoms with Crippen LogP contribution in [0.3, 0.4) is 0 Å². The first-order chi connectivity index (χ1) is 17.3. The van der Waals surface area contributed by atoms with E-state index in [1.54, 1.807) is 31.2 Å². The van der Waals surface area contributed by atoms with Crippen LogP contribution in [0.2, 0.25) is 0 Å². The highest BCUT2D eigenvalue weighted by molar-refractivity contribution is 9.10. The first kappa shape index (κ1) is 17.7. The lowest BCUT2D eigenvalue weighted by Crippen LogP contribution is -2.31. The lowest BCUT2D eigenvalue weighted by Gasteiger charge is -2.15. The number of halogens is 1. The van der Waals surface area contributed by atoms with Gasteiger partial charge < -0.3 is 9.47 Å². The molecule has 0 bridgehead atoms. The largest absolute Gasteiger partial charge is 0.473 e. The quantitative estimate of drug-likeness (QED) is 0.389. The van der Waals surface area contributed by atoms with Crippen LogP contribution in [0.15, 0.2) is 47.4 Å². The number of ether oxygens (including phenoxy) is 2. The molecule has 2 N–H and O–H groups in total. The van der Waals surface area contributed by atoms with E-state index in [0.29, 0.717) is 12.0 Å². The minimum absolute atomic E-state index is 0.0645. The van der Waals surface area contributed by atoms with Crippen LogP contribution in [0.5, 0.6) is 11.9 Å². The van der Waals surface area contributed by atoms with Gasteiger partial charge in [0.05, 0.1) is 11.0 Å². The molecule has 0 saturated carbocycles. The first-order valence-corrected chi connectivity index (χ1v) is 11.6. The van der Waals surface area contributed by atoms with E-state index in [1.165, 1.54) is 6.92 Å². The van der Waals surface area contributed by atoms with Crippen molar-refractivity contribution in [2.45, 2.75) is 20.3 Å². The molecule has 0 spiro atoms. The molecule has 0 radical (unpaired) electrons. The van der Waals surface area contributed by atoms with Gasteiger partial charge in [-0.3, -0.25) is 4.72 Å². The molecule has 2 heterocycles. The smallest absolute Gasteiger partial charge is 0.316 e. The van der Waals surface area contributed by atoms with Gasteiger partial charge in [-0.05, 0) is 36.6 Å². The second-order valence-corrected chi connectivity index (χ2v) is 8.66. The highest BCUT2D eigenvalue weighted by atomic mass is 79.9. The molecule has 12 heteroatoms. The van der Waals surface area contributed by atoms with E-state index in [4.69, 9.17) is 16.3 Å². The number of rotatable bonds is 11. The van der Waals surface area contributed by atoms with Crippen LogP contribution in [-0.2, 0) is 10.2 Å². The second kappa shape index (κ2) is 11.2. The average molecular weight is 528 g/mol. The molecule has 0 aliphatic carbocycles. The summed E-state index contributed by atoms with van der Waals surface area (Å²) >= 11 is 3.33. The Morgan fingerprint density at radius 3 is 2.53 bits per heavy atom. The molecule has 0 aliphatic heterocycles. The van der Waals surface area contributed by atoms with Crippen LogP contribution in [0.1, 0.15) is 25.8 Å². The van der Waals surface area contributed by atoms with Crippen molar-refractivity contribution in [3.63, 3.8) is 0 Å². The van der Waals surface area contributed by atoms with E-state index < -0.39 is 35.7 Å². The highest BCUT2D eigenvalue weighted by Crippen LogP contribution is 2.34. The van der Waals surface area contributed by atoms with Gasteiger partial charge in [-0.15, -0.1) is 0 Å². The van der Waals surface area contributed by atoms with Crippen molar-refractivity contribution in [3.05, 3.63) is 53.0 Å². The van der Waals surface area contributed by atoms with Crippen LogP contribution >= 0.6 is 15.9 Å². The Hall–Kier alpha value is -2.83. The Kier molecular flexibility index (Phi) is 6.17. The molecule has 2 aromatic heterocycles. The van der Waals surface area contributed by atoms with Gasteiger partial charge >= 0.3 is 6.01 Å². The molecule has 0 aliphatic rings. The molecule has 0 unspecified atom stereocenters. The normalized spacial score (nSPS) is 13.9. The predicted octanol–water partition coefficient (Wildman–Crippen LogP) is 3.12. The van der Waals surface area contributed by atoms with Crippen molar-refractivity contribution >= 4 is 32.0 Å². The maximum absolute atomic E-state index is 12.5. The fraction of sp³-hybridized carbons (Fsp3) is 0.300. The minimum Gasteiger partial charge on any atom is -0.473 e. The monoisotopic (exact) mass is 527 g/mol. The summed E-state index contributed by atoms with van der Waals surface area (Å²) in [6.45, 7) is 0.101. The zero-order valence-electron chi connectivity index (χ0n) is 22.1. The van der Waals surface area contributed by atoms with E-state index in [-0.39, 0.29) is 41.7 Å². The molecular weight excluding hydrogens is 500 g/mol. The third-order valence-corrected chi connectivity index (χ3v) is 5.31. The Balaban J connectivity index is 1.96. The van der Waals surface area contributed by atoms with Gasteiger partial charge in [-0.25, -0.2) is 19.9 Å². The first-order valence-electron chi connectivity index (χ1n) is 11.9. The topological polar surface area (TPSA) is 128 Å². The summed E-state index contributed by atoms with van der Waals surface area (Å²) in [6, 6.07) is 6.12. The van der Waals surface area contributed by atoms with Gasteiger partial charge in [0.2, 0.25) is 5.88 Å². The summed E-state index contributed by atoms with van der Waals surface area (Å²) < 4.78 is 80.8. The summed E-state index contributed by atoms with van der Waals surface area (Å²) in [4.78, 5) is 15.3. The molecule has 170 valence electrons. The zero-order chi connectivity index (χ0) is 27.4. The average Bonchev–Trinajstić information content (AvgIpc) is 2.80. The van der Waals surface area contributed by atoms with Crippen LogP contribution in [0.4, 0.5) is 5.82 Å². The standard InChI is InChI=1S/C20H23BrN6O4S/c1-3-8-26-32(28,29)27-18-17(15-4-6-16(21)7-5-15)19(25-13-24-18)30-9-10-31-20-22-11-14(2)12-23-20/h4-7,11-13,26H,3,8-10H2,1-2H3,(H,24,25,27)/i10D2,11D,12D,13D. The van der Waals surface area contributed by atoms with Gasteiger partial charge in [-0.2, -0.15) is 13.1 Å². The molecule has 10 nitrogen and oxygen atoms in total. The maximum Gasteiger partial charge on any atom is 0.316 e. The summed E-state index contributed by atoms with van der Waals surface area (Å²) in [6.07, 6.45) is -0.601. The van der Waals surface area contributed by atoms with E-state index in [9.17, 15) is 8.42 Å². The lowest BCUT2D eigenvalue weighted by molar-refractivity contribution is 0.202. The Morgan fingerprint density at radius 2 is 1.84 bits per heavy atom. The van der Waals surface area contributed by atoms with Crippen LogP contribution in [0.25, 0.3) is 11.1 Å². The molecule has 0 atom stereocenters.